The van der Waals surface area contributed by atoms with Crippen molar-refractivity contribution in [3.05, 3.63) is 0 Å². The van der Waals surface area contributed by atoms with Crippen LogP contribution in [0.1, 0.15) is 13.8 Å². The number of rotatable bonds is 19. The molecule has 0 N–H and O–H groups in total. The van der Waals surface area contributed by atoms with Gasteiger partial charge in [-0.05, 0) is 13.8 Å². The monoisotopic (exact) mass is 742 g/mol. The average Bonchev–Trinajstić information content (AvgIpc) is 3.03. The highest BCUT2D eigenvalue weighted by atomic mass is 31.3. The molecule has 0 aliphatic carbocycles. The van der Waals surface area contributed by atoms with E-state index in [9.17, 15) is 4.79 Å². The molecule has 2 aliphatic rings. The zero-order valence-corrected chi connectivity index (χ0v) is 31.1. The summed E-state index contributed by atoms with van der Waals surface area (Å²) in [5.41, 5.74) is 0. The van der Waals surface area contributed by atoms with Crippen LogP contribution in [0.25, 0.3) is 0 Å². The van der Waals surface area contributed by atoms with Crippen LogP contribution < -0.4 is 0 Å². The SMILES string of the molecule is COP1(OC)=NP(OC)(OC)=NP(OC)(OCC(=O)OCOP2(OC)=NP(OC)(OC)=NP(OC)(OCOC(C)C)=N2)=N1. The van der Waals surface area contributed by atoms with E-state index in [1.54, 1.807) is 0 Å². The topological polar surface area (TPSA) is 220 Å². The molecule has 0 bridgehead atoms. The fourth-order valence-electron chi connectivity index (χ4n) is 2.73. The predicted molar refractivity (Wildman–Crippen MR) is 159 cm³/mol. The molecule has 43 heavy (non-hydrogen) atoms. The number of nitrogens with zero attached hydrogens (tertiary/aromatic N) is 6. The maximum absolute atomic E-state index is 12.7. The lowest BCUT2D eigenvalue weighted by Gasteiger charge is -2.31. The van der Waals surface area contributed by atoms with Gasteiger partial charge in [-0.3, -0.25) is 13.6 Å². The number of carbonyl (C=O) groups excluding carboxylic acids is 1. The Hall–Kier alpha value is 0.330. The van der Waals surface area contributed by atoms with Crippen LogP contribution in [0.15, 0.2) is 27.1 Å². The molecule has 27 heteroatoms. The Bertz CT molecular complexity index is 1290. The van der Waals surface area contributed by atoms with Gasteiger partial charge >= 0.3 is 51.9 Å². The molecule has 0 spiro atoms. The third-order valence-electron chi connectivity index (χ3n) is 4.91. The second kappa shape index (κ2) is 16.9. The van der Waals surface area contributed by atoms with Gasteiger partial charge in [-0.1, -0.05) is 0 Å². The maximum atomic E-state index is 12.7. The summed E-state index contributed by atoms with van der Waals surface area (Å²) in [4.78, 5) is 12.7. The Morgan fingerprint density at radius 2 is 0.791 bits per heavy atom. The first-order chi connectivity index (χ1) is 20.3. The van der Waals surface area contributed by atoms with Gasteiger partial charge in [0.15, 0.2) is 13.4 Å². The van der Waals surface area contributed by atoms with Crippen molar-refractivity contribution in [2.24, 2.45) is 27.1 Å². The summed E-state index contributed by atoms with van der Waals surface area (Å²) in [6.07, 6.45) is -0.150. The molecule has 2 rings (SSSR count). The van der Waals surface area contributed by atoms with Crippen molar-refractivity contribution in [1.82, 2.24) is 0 Å². The first kappa shape index (κ1) is 39.5. The quantitative estimate of drug-likeness (QED) is 0.0713. The van der Waals surface area contributed by atoms with E-state index in [1.807, 2.05) is 13.8 Å². The highest BCUT2D eigenvalue weighted by Gasteiger charge is 2.43. The molecule has 0 aromatic carbocycles. The Kier molecular flexibility index (Phi) is 15.6. The highest BCUT2D eigenvalue weighted by molar-refractivity contribution is 7.79. The van der Waals surface area contributed by atoms with Crippen LogP contribution in [0.3, 0.4) is 0 Å². The normalized spacial score (nSPS) is 28.8. The molecule has 0 radical (unpaired) electrons. The molecule has 0 amide bonds. The number of esters is 1. The van der Waals surface area contributed by atoms with Gasteiger partial charge < -0.3 is 50.2 Å². The minimum absolute atomic E-state index is 0.150. The number of ether oxygens (including phenoxy) is 2. The zero-order chi connectivity index (χ0) is 32.4. The fourth-order valence-corrected chi connectivity index (χ4v) is 20.3. The number of hydrogen-bond donors (Lipinski definition) is 0. The lowest BCUT2D eigenvalue weighted by molar-refractivity contribution is -0.152. The molecule has 3 unspecified atom stereocenters. The van der Waals surface area contributed by atoms with Crippen LogP contribution in [-0.4, -0.2) is 96.3 Å². The van der Waals surface area contributed by atoms with Gasteiger partial charge in [0, 0.05) is 64.0 Å². The molecule has 2 heterocycles. The smallest absolute Gasteiger partial charge is 0.351 e. The minimum Gasteiger partial charge on any atom is -0.436 e. The molecule has 0 saturated carbocycles. The molecule has 0 fully saturated rings. The minimum atomic E-state index is -3.64. The van der Waals surface area contributed by atoms with Crippen LogP contribution in [0, 0.1) is 0 Å². The fraction of sp³-hybridized carbons (Fsp3) is 0.938. The van der Waals surface area contributed by atoms with Gasteiger partial charge in [0.05, 0.1) is 6.10 Å². The number of carbonyl (C=O) groups is 1. The van der Waals surface area contributed by atoms with Gasteiger partial charge in [0.2, 0.25) is 6.79 Å². The molecule has 3 atom stereocenters. The second-order valence-corrected chi connectivity index (χ2v) is 21.9. The third kappa shape index (κ3) is 9.92. The van der Waals surface area contributed by atoms with Gasteiger partial charge in [0.1, 0.15) is 0 Å². The van der Waals surface area contributed by atoms with Gasteiger partial charge in [0.25, 0.3) is 0 Å². The first-order valence-electron chi connectivity index (χ1n) is 11.9. The molecule has 21 nitrogen and oxygen atoms in total. The molecule has 254 valence electrons. The van der Waals surface area contributed by atoms with Crippen molar-refractivity contribution in [1.29, 1.82) is 0 Å². The lowest BCUT2D eigenvalue weighted by Crippen LogP contribution is -2.14. The molecular formula is C16H40N6O15P6. The van der Waals surface area contributed by atoms with Gasteiger partial charge in [-0.15, -0.1) is 27.1 Å². The zero-order valence-electron chi connectivity index (χ0n) is 25.7. The van der Waals surface area contributed by atoms with Crippen LogP contribution in [0.5, 0.6) is 0 Å². The summed E-state index contributed by atoms with van der Waals surface area (Å²) >= 11 is 0. The predicted octanol–water partition coefficient (Wildman–Crippen LogP) is 7.44. The van der Waals surface area contributed by atoms with Crippen molar-refractivity contribution in [2.75, 3.05) is 84.2 Å². The summed E-state index contributed by atoms with van der Waals surface area (Å²) in [6.45, 7) is 2.07. The van der Waals surface area contributed by atoms with Gasteiger partial charge in [-0.2, -0.15) is 0 Å². The van der Waals surface area contributed by atoms with E-state index in [0.717, 1.165) is 0 Å². The van der Waals surface area contributed by atoms with Crippen LogP contribution in [0.4, 0.5) is 0 Å². The van der Waals surface area contributed by atoms with E-state index in [0.29, 0.717) is 0 Å². The van der Waals surface area contributed by atoms with E-state index in [2.05, 4.69) is 27.1 Å². The van der Waals surface area contributed by atoms with Crippen molar-refractivity contribution in [3.63, 3.8) is 0 Å². The summed E-state index contributed by atoms with van der Waals surface area (Å²) < 4.78 is 103. The van der Waals surface area contributed by atoms with Gasteiger partial charge in [-0.25, -0.2) is 4.79 Å². The van der Waals surface area contributed by atoms with Crippen molar-refractivity contribution in [3.8, 4) is 0 Å². The lowest BCUT2D eigenvalue weighted by atomic mass is 10.5. The van der Waals surface area contributed by atoms with Crippen molar-refractivity contribution < 1.29 is 68.6 Å². The Labute approximate surface area is 251 Å². The van der Waals surface area contributed by atoms with E-state index >= 15 is 0 Å². The van der Waals surface area contributed by atoms with Crippen LogP contribution >= 0.6 is 46.0 Å². The van der Waals surface area contributed by atoms with Crippen molar-refractivity contribution in [2.45, 2.75) is 20.0 Å². The summed E-state index contributed by atoms with van der Waals surface area (Å²) in [6, 6.07) is 0. The standard InChI is InChI=1S/C16H40N6O15P6/c1-15(2)33-13-36-42(31-10)20-40(28-7,29-8)21-43(22-42,32-11)37-14-34-16(23)12-35-41(30-9)18-38(24-3,25-4)17-39(19-41,26-5)27-6/h15H,12-14H2,1-11H3. The molecule has 0 aromatic rings. The van der Waals surface area contributed by atoms with E-state index in [4.69, 9.17) is 63.8 Å². The number of hydrogen-bond acceptors (Lipinski definition) is 21. The van der Waals surface area contributed by atoms with E-state index < -0.39 is 65.3 Å². The molecular weight excluding hydrogens is 702 g/mol. The van der Waals surface area contributed by atoms with Crippen molar-refractivity contribution >= 4 is 51.9 Å². The highest BCUT2D eigenvalue weighted by Crippen LogP contribution is 2.81. The summed E-state index contributed by atoms with van der Waals surface area (Å²) in [5, 5.41) is 0. The maximum Gasteiger partial charge on any atom is 0.351 e. The summed E-state index contributed by atoms with van der Waals surface area (Å²) in [7, 11) is -8.85. The third-order valence-corrected chi connectivity index (χ3v) is 21.4. The van der Waals surface area contributed by atoms with E-state index in [-0.39, 0.29) is 12.9 Å². The molecule has 0 saturated heterocycles. The Balaban J connectivity index is 2.30. The largest absolute Gasteiger partial charge is 0.436 e. The van der Waals surface area contributed by atoms with E-state index in [1.165, 1.54) is 64.0 Å². The summed E-state index contributed by atoms with van der Waals surface area (Å²) in [5.74, 6) is -0.897. The Morgan fingerprint density at radius 1 is 0.488 bits per heavy atom. The first-order valence-corrected chi connectivity index (χ1v) is 21.0. The molecule has 2 aliphatic heterocycles. The Morgan fingerprint density at radius 3 is 1.16 bits per heavy atom. The van der Waals surface area contributed by atoms with Crippen LogP contribution in [0.2, 0.25) is 0 Å². The second-order valence-electron chi connectivity index (χ2n) is 7.62. The van der Waals surface area contributed by atoms with Crippen LogP contribution in [-0.2, 0) is 68.6 Å². The molecule has 0 aromatic heterocycles. The average molecular weight is 742 g/mol.